The Labute approximate surface area is 180 Å². The molecule has 178 valence electrons. The van der Waals surface area contributed by atoms with E-state index in [2.05, 4.69) is 10.6 Å². The first-order valence-corrected chi connectivity index (χ1v) is 13.3. The molecule has 0 saturated carbocycles. The molecule has 0 fully saturated rings. The van der Waals surface area contributed by atoms with Crippen LogP contribution < -0.4 is 10.6 Å². The second-order valence-electron chi connectivity index (χ2n) is 5.92. The molecular weight excluding hydrogens is 436 g/mol. The Morgan fingerprint density at radius 1 is 0.600 bits per heavy atom. The average Bonchev–Trinajstić information content (AvgIpc) is 2.78. The topological polar surface area (TPSA) is 132 Å². The fraction of sp³-hybridized carbons (Fsp3) is 0.875. The van der Waals surface area contributed by atoms with Crippen molar-refractivity contribution in [1.29, 1.82) is 0 Å². The normalized spacial score (nSPS) is 11.8. The number of rotatable bonds is 17. The quantitative estimate of drug-likeness (QED) is 0.233. The maximum Gasteiger partial charge on any atom is 0.500 e. The maximum atomic E-state index is 11.6. The van der Waals surface area contributed by atoms with Gasteiger partial charge in [0.15, 0.2) is 0 Å². The van der Waals surface area contributed by atoms with Gasteiger partial charge in [0.2, 0.25) is 0 Å². The zero-order chi connectivity index (χ0) is 22.9. The number of carbonyl (C=O) groups excluding carboxylic acids is 2. The standard InChI is InChI=1S/C16H36N2O10Si2/c1-21-29(22-2,23-3)13-7-9-17-15(19)27-11-12-28-16(20)18-10-8-14-30(24-4,25-5)26-6/h7-14H2,1-6H3,(H,17,19)(H,18,20). The third-order valence-electron chi connectivity index (χ3n) is 4.27. The molecule has 14 heteroatoms. The molecule has 0 aliphatic rings. The SMILES string of the molecule is CO[Si](CCCNC(=O)OCCOC(=O)NCCC[Si](OC)(OC)OC)(OC)OC. The molecule has 0 atom stereocenters. The fourth-order valence-electron chi connectivity index (χ4n) is 2.47. The van der Waals surface area contributed by atoms with E-state index < -0.39 is 29.8 Å². The van der Waals surface area contributed by atoms with E-state index >= 15 is 0 Å². The van der Waals surface area contributed by atoms with Crippen LogP contribution in [0.2, 0.25) is 12.1 Å². The number of hydrogen-bond acceptors (Lipinski definition) is 10. The first-order valence-electron chi connectivity index (χ1n) is 9.48. The van der Waals surface area contributed by atoms with E-state index in [4.69, 9.17) is 36.0 Å². The van der Waals surface area contributed by atoms with Gasteiger partial charge >= 0.3 is 29.8 Å². The van der Waals surface area contributed by atoms with E-state index in [0.29, 0.717) is 38.0 Å². The minimum Gasteiger partial charge on any atom is -0.446 e. The highest BCUT2D eigenvalue weighted by molar-refractivity contribution is 6.60. The highest BCUT2D eigenvalue weighted by Gasteiger charge is 2.37. The van der Waals surface area contributed by atoms with Crippen LogP contribution >= 0.6 is 0 Å². The third kappa shape index (κ3) is 11.2. The Hall–Kier alpha value is -1.27. The van der Waals surface area contributed by atoms with Crippen molar-refractivity contribution >= 4 is 29.8 Å². The van der Waals surface area contributed by atoms with Gasteiger partial charge in [-0.2, -0.15) is 0 Å². The van der Waals surface area contributed by atoms with Crippen molar-refractivity contribution in [2.24, 2.45) is 0 Å². The molecule has 2 amide bonds. The van der Waals surface area contributed by atoms with Crippen molar-refractivity contribution < 1.29 is 45.6 Å². The van der Waals surface area contributed by atoms with Crippen LogP contribution in [-0.4, -0.2) is 98.8 Å². The minimum absolute atomic E-state index is 0.0563. The van der Waals surface area contributed by atoms with Gasteiger partial charge in [-0.15, -0.1) is 0 Å². The number of ether oxygens (including phenoxy) is 2. The van der Waals surface area contributed by atoms with E-state index in [1.807, 2.05) is 0 Å². The van der Waals surface area contributed by atoms with Crippen LogP contribution in [0, 0.1) is 0 Å². The van der Waals surface area contributed by atoms with E-state index in [-0.39, 0.29) is 13.2 Å². The van der Waals surface area contributed by atoms with Crippen LogP contribution in [-0.2, 0) is 36.0 Å². The number of alkyl carbamates (subject to hydrolysis) is 2. The molecule has 0 aromatic carbocycles. The Morgan fingerprint density at radius 2 is 0.900 bits per heavy atom. The minimum atomic E-state index is -2.64. The molecule has 0 aliphatic carbocycles. The molecule has 12 nitrogen and oxygen atoms in total. The Morgan fingerprint density at radius 3 is 1.17 bits per heavy atom. The van der Waals surface area contributed by atoms with Crippen LogP contribution in [0.3, 0.4) is 0 Å². The largest absolute Gasteiger partial charge is 0.500 e. The Kier molecular flexibility index (Phi) is 15.7. The van der Waals surface area contributed by atoms with Gasteiger partial charge in [-0.25, -0.2) is 9.59 Å². The first-order chi connectivity index (χ1) is 14.4. The van der Waals surface area contributed by atoms with Crippen molar-refractivity contribution in [1.82, 2.24) is 10.6 Å². The van der Waals surface area contributed by atoms with Gasteiger partial charge in [0.1, 0.15) is 13.2 Å². The number of amides is 2. The van der Waals surface area contributed by atoms with Crippen molar-refractivity contribution in [2.45, 2.75) is 24.9 Å². The Balaban J connectivity index is 3.79. The van der Waals surface area contributed by atoms with Crippen molar-refractivity contribution in [2.75, 3.05) is 69.0 Å². The Bertz CT molecular complexity index is 420. The molecule has 0 heterocycles. The first kappa shape index (κ1) is 28.7. The molecule has 30 heavy (non-hydrogen) atoms. The summed E-state index contributed by atoms with van der Waals surface area (Å²) in [5, 5.41) is 5.19. The lowest BCUT2D eigenvalue weighted by atomic mass is 10.5. The van der Waals surface area contributed by atoms with E-state index in [1.54, 1.807) is 0 Å². The molecule has 0 aliphatic heterocycles. The molecule has 0 unspecified atom stereocenters. The summed E-state index contributed by atoms with van der Waals surface area (Å²) in [5.41, 5.74) is 0. The van der Waals surface area contributed by atoms with Crippen LogP contribution in [0.4, 0.5) is 9.59 Å². The predicted octanol–water partition coefficient (Wildman–Crippen LogP) is 0.975. The van der Waals surface area contributed by atoms with Crippen molar-refractivity contribution in [3.63, 3.8) is 0 Å². The summed E-state index contributed by atoms with van der Waals surface area (Å²) >= 11 is 0. The zero-order valence-corrected chi connectivity index (χ0v) is 20.7. The van der Waals surface area contributed by atoms with Crippen LogP contribution in [0.25, 0.3) is 0 Å². The number of nitrogens with one attached hydrogen (secondary N) is 2. The molecule has 0 aromatic rings. The molecule has 0 radical (unpaired) electrons. The summed E-state index contributed by atoms with van der Waals surface area (Å²) in [6.07, 6.45) is 0.0153. The van der Waals surface area contributed by atoms with Gasteiger partial charge < -0.3 is 46.7 Å². The summed E-state index contributed by atoms with van der Waals surface area (Å²) in [4.78, 5) is 23.2. The van der Waals surface area contributed by atoms with Gasteiger partial charge in [-0.05, 0) is 12.8 Å². The lowest BCUT2D eigenvalue weighted by Crippen LogP contribution is -2.43. The van der Waals surface area contributed by atoms with Crippen molar-refractivity contribution in [3.05, 3.63) is 0 Å². The molecule has 2 N–H and O–H groups in total. The van der Waals surface area contributed by atoms with Gasteiger partial charge in [0, 0.05) is 67.8 Å². The second kappa shape index (κ2) is 16.4. The zero-order valence-electron chi connectivity index (χ0n) is 18.7. The summed E-state index contributed by atoms with van der Waals surface area (Å²) in [6, 6.07) is 1.12. The smallest absolute Gasteiger partial charge is 0.446 e. The van der Waals surface area contributed by atoms with Gasteiger partial charge in [-0.3, -0.25) is 0 Å². The maximum absolute atomic E-state index is 11.6. The van der Waals surface area contributed by atoms with Crippen molar-refractivity contribution in [3.8, 4) is 0 Å². The highest BCUT2D eigenvalue weighted by atomic mass is 28.4. The fourth-order valence-corrected chi connectivity index (χ4v) is 5.92. The van der Waals surface area contributed by atoms with E-state index in [9.17, 15) is 9.59 Å². The van der Waals surface area contributed by atoms with Gasteiger partial charge in [0.05, 0.1) is 0 Å². The van der Waals surface area contributed by atoms with Gasteiger partial charge in [-0.1, -0.05) is 0 Å². The molecule has 0 bridgehead atoms. The summed E-state index contributed by atoms with van der Waals surface area (Å²) < 4.78 is 41.6. The summed E-state index contributed by atoms with van der Waals surface area (Å²) in [7, 11) is 3.92. The van der Waals surface area contributed by atoms with E-state index in [1.165, 1.54) is 42.7 Å². The molecular formula is C16H36N2O10Si2. The third-order valence-corrected chi connectivity index (χ3v) is 9.94. The van der Waals surface area contributed by atoms with Crippen LogP contribution in [0.5, 0.6) is 0 Å². The average molecular weight is 473 g/mol. The van der Waals surface area contributed by atoms with Crippen LogP contribution in [0.1, 0.15) is 12.8 Å². The molecule has 0 saturated heterocycles. The predicted molar refractivity (Wildman–Crippen MR) is 111 cm³/mol. The number of carbonyl (C=O) groups is 2. The van der Waals surface area contributed by atoms with E-state index in [0.717, 1.165) is 0 Å². The monoisotopic (exact) mass is 472 g/mol. The number of hydrogen-bond donors (Lipinski definition) is 2. The summed E-state index contributed by atoms with van der Waals surface area (Å²) in [5.74, 6) is 0. The lowest BCUT2D eigenvalue weighted by molar-refractivity contribution is 0.0952. The van der Waals surface area contributed by atoms with Crippen LogP contribution in [0.15, 0.2) is 0 Å². The lowest BCUT2D eigenvalue weighted by Gasteiger charge is -2.24. The second-order valence-corrected chi connectivity index (χ2v) is 12.1. The molecule has 0 rings (SSSR count). The molecule has 0 aromatic heterocycles. The highest BCUT2D eigenvalue weighted by Crippen LogP contribution is 2.15. The summed E-state index contributed by atoms with van der Waals surface area (Å²) in [6.45, 7) is 0.638. The molecule has 0 spiro atoms. The van der Waals surface area contributed by atoms with Gasteiger partial charge in [0.25, 0.3) is 0 Å².